The molecule has 0 bridgehead atoms. The number of carbonyl (C=O) groups is 1. The third-order valence-electron chi connectivity index (χ3n) is 3.08. The van der Waals surface area contributed by atoms with E-state index in [0.717, 1.165) is 19.4 Å². The Morgan fingerprint density at radius 3 is 3.09 bits per heavy atom. The smallest absolute Gasteiger partial charge is 0.144 e. The first-order valence-electron chi connectivity index (χ1n) is 4.72. The molecule has 0 aliphatic carbocycles. The molecule has 2 nitrogen and oxygen atoms in total. The number of rotatable bonds is 0. The van der Waals surface area contributed by atoms with Crippen LogP contribution in [0.4, 0.5) is 0 Å². The van der Waals surface area contributed by atoms with Crippen LogP contribution in [0.3, 0.4) is 0 Å². The molecule has 0 aromatic rings. The molecule has 0 radical (unpaired) electrons. The summed E-state index contributed by atoms with van der Waals surface area (Å²) in [5.74, 6) is 0.501. The molecule has 2 aliphatic heterocycles. The second kappa shape index (κ2) is 2.94. The van der Waals surface area contributed by atoms with Crippen molar-refractivity contribution in [2.45, 2.75) is 38.1 Å². The highest BCUT2D eigenvalue weighted by molar-refractivity contribution is 5.79. The normalized spacial score (nSPS) is 38.4. The summed E-state index contributed by atoms with van der Waals surface area (Å²) >= 11 is 0. The lowest BCUT2D eigenvalue weighted by Crippen LogP contribution is -3.17. The van der Waals surface area contributed by atoms with E-state index < -0.39 is 0 Å². The van der Waals surface area contributed by atoms with Crippen LogP contribution in [-0.4, -0.2) is 24.9 Å². The number of fused-ring (bicyclic) bond motifs is 1. The fraction of sp³-hybridized carbons (Fsp3) is 0.889. The number of hydrogen-bond acceptors (Lipinski definition) is 1. The molecule has 1 N–H and O–H groups in total. The maximum absolute atomic E-state index is 11.1. The first kappa shape index (κ1) is 7.29. The molecule has 2 saturated heterocycles. The van der Waals surface area contributed by atoms with Crippen LogP contribution >= 0.6 is 0 Å². The van der Waals surface area contributed by atoms with Crippen LogP contribution in [0.15, 0.2) is 0 Å². The minimum absolute atomic E-state index is 0.501. The van der Waals surface area contributed by atoms with Gasteiger partial charge in [-0.15, -0.1) is 0 Å². The van der Waals surface area contributed by atoms with Crippen LogP contribution in [-0.2, 0) is 4.79 Å². The van der Waals surface area contributed by atoms with Crippen molar-refractivity contribution in [1.29, 1.82) is 0 Å². The van der Waals surface area contributed by atoms with Gasteiger partial charge in [0.1, 0.15) is 5.78 Å². The summed E-state index contributed by atoms with van der Waals surface area (Å²) in [4.78, 5) is 12.8. The van der Waals surface area contributed by atoms with Crippen molar-refractivity contribution in [3.8, 4) is 0 Å². The van der Waals surface area contributed by atoms with Gasteiger partial charge in [0.25, 0.3) is 0 Å². The molecular weight excluding hydrogens is 138 g/mol. The highest BCUT2D eigenvalue weighted by atomic mass is 16.1. The molecule has 2 rings (SSSR count). The minimum atomic E-state index is 0.501. The van der Waals surface area contributed by atoms with Crippen molar-refractivity contribution in [2.75, 3.05) is 13.1 Å². The van der Waals surface area contributed by atoms with Crippen LogP contribution < -0.4 is 4.90 Å². The average molecular weight is 154 g/mol. The Hall–Kier alpha value is -0.370. The Balaban J connectivity index is 1.98. The van der Waals surface area contributed by atoms with Crippen molar-refractivity contribution < 1.29 is 9.69 Å². The fourth-order valence-electron chi connectivity index (χ4n) is 2.40. The van der Waals surface area contributed by atoms with E-state index in [1.54, 1.807) is 4.90 Å². The lowest BCUT2D eigenvalue weighted by atomic mass is 9.93. The molecule has 0 spiro atoms. The van der Waals surface area contributed by atoms with E-state index in [1.165, 1.54) is 25.8 Å². The Kier molecular flexibility index (Phi) is 1.95. The number of Topliss-reactive ketones (excluding diaryl/α,β-unsaturated/α-hetero) is 1. The molecule has 0 aromatic heterocycles. The molecule has 11 heavy (non-hydrogen) atoms. The van der Waals surface area contributed by atoms with E-state index in [0.29, 0.717) is 11.8 Å². The zero-order chi connectivity index (χ0) is 7.68. The van der Waals surface area contributed by atoms with Crippen LogP contribution in [0.25, 0.3) is 0 Å². The van der Waals surface area contributed by atoms with Crippen LogP contribution in [0, 0.1) is 0 Å². The summed E-state index contributed by atoms with van der Waals surface area (Å²) in [5, 5.41) is 0. The summed E-state index contributed by atoms with van der Waals surface area (Å²) < 4.78 is 0. The molecular formula is C9H16NO+. The van der Waals surface area contributed by atoms with Crippen LogP contribution in [0.5, 0.6) is 0 Å². The quantitative estimate of drug-likeness (QED) is 0.512. The van der Waals surface area contributed by atoms with Gasteiger partial charge in [0.2, 0.25) is 0 Å². The second-order valence-electron chi connectivity index (χ2n) is 3.84. The summed E-state index contributed by atoms with van der Waals surface area (Å²) in [6.07, 6.45) is 5.73. The lowest BCUT2D eigenvalue weighted by Gasteiger charge is -2.35. The summed E-state index contributed by atoms with van der Waals surface area (Å²) in [7, 11) is 0. The molecule has 2 heterocycles. The molecule has 0 saturated carbocycles. The van der Waals surface area contributed by atoms with Gasteiger partial charge in [-0.2, -0.15) is 0 Å². The second-order valence-corrected chi connectivity index (χ2v) is 3.84. The number of piperidine rings is 2. The molecule has 2 fully saturated rings. The monoisotopic (exact) mass is 154 g/mol. The standard InChI is InChI=1S/C9H15NO/c11-9-4-6-10-5-2-1-3-8(10)7-9/h8H,1-7H2/p+1/t8-/m1/s1. The zero-order valence-corrected chi connectivity index (χ0v) is 6.94. The van der Waals surface area contributed by atoms with Crippen molar-refractivity contribution in [2.24, 2.45) is 0 Å². The molecule has 0 aromatic carbocycles. The minimum Gasteiger partial charge on any atom is -0.332 e. The van der Waals surface area contributed by atoms with Crippen molar-refractivity contribution in [3.63, 3.8) is 0 Å². The Bertz CT molecular complexity index is 167. The molecule has 2 atom stereocenters. The van der Waals surface area contributed by atoms with Crippen molar-refractivity contribution >= 4 is 5.78 Å². The Morgan fingerprint density at radius 2 is 2.18 bits per heavy atom. The van der Waals surface area contributed by atoms with Gasteiger partial charge in [-0.1, -0.05) is 0 Å². The predicted molar refractivity (Wildman–Crippen MR) is 42.6 cm³/mol. The predicted octanol–water partition coefficient (Wildman–Crippen LogP) is -0.213. The Labute approximate surface area is 67.6 Å². The molecule has 2 heteroatoms. The fourth-order valence-corrected chi connectivity index (χ4v) is 2.40. The highest BCUT2D eigenvalue weighted by Gasteiger charge is 2.32. The SMILES string of the molecule is O=C1CC[NH+]2CCCC[C@@H]2C1. The van der Waals surface area contributed by atoms with E-state index in [1.807, 2.05) is 0 Å². The van der Waals surface area contributed by atoms with Gasteiger partial charge in [0.15, 0.2) is 0 Å². The lowest BCUT2D eigenvalue weighted by molar-refractivity contribution is -0.932. The third kappa shape index (κ3) is 1.45. The molecule has 2 aliphatic rings. The highest BCUT2D eigenvalue weighted by Crippen LogP contribution is 2.10. The van der Waals surface area contributed by atoms with Gasteiger partial charge >= 0.3 is 0 Å². The number of hydrogen-bond donors (Lipinski definition) is 1. The van der Waals surface area contributed by atoms with Crippen LogP contribution in [0.2, 0.25) is 0 Å². The average Bonchev–Trinajstić information content (AvgIpc) is 2.04. The van der Waals surface area contributed by atoms with Gasteiger partial charge in [-0.3, -0.25) is 4.79 Å². The van der Waals surface area contributed by atoms with Crippen molar-refractivity contribution in [1.82, 2.24) is 0 Å². The van der Waals surface area contributed by atoms with Gasteiger partial charge in [-0.25, -0.2) is 0 Å². The van der Waals surface area contributed by atoms with E-state index in [2.05, 4.69) is 0 Å². The van der Waals surface area contributed by atoms with E-state index in [4.69, 9.17) is 0 Å². The zero-order valence-electron chi connectivity index (χ0n) is 6.94. The van der Waals surface area contributed by atoms with E-state index in [-0.39, 0.29) is 0 Å². The van der Waals surface area contributed by atoms with Gasteiger partial charge in [0, 0.05) is 6.42 Å². The van der Waals surface area contributed by atoms with Gasteiger partial charge < -0.3 is 4.90 Å². The number of nitrogens with one attached hydrogen (secondary N) is 1. The van der Waals surface area contributed by atoms with E-state index >= 15 is 0 Å². The molecule has 1 unspecified atom stereocenters. The summed E-state index contributed by atoms with van der Waals surface area (Å²) in [6, 6.07) is 0.699. The number of quaternary nitrogens is 1. The largest absolute Gasteiger partial charge is 0.332 e. The summed E-state index contributed by atoms with van der Waals surface area (Å²) in [6.45, 7) is 2.43. The third-order valence-corrected chi connectivity index (χ3v) is 3.08. The van der Waals surface area contributed by atoms with Crippen LogP contribution in [0.1, 0.15) is 32.1 Å². The number of carbonyl (C=O) groups excluding carboxylic acids is 1. The van der Waals surface area contributed by atoms with E-state index in [9.17, 15) is 4.79 Å². The Morgan fingerprint density at radius 1 is 1.27 bits per heavy atom. The maximum atomic E-state index is 11.1. The summed E-state index contributed by atoms with van der Waals surface area (Å²) in [5.41, 5.74) is 0. The first-order chi connectivity index (χ1) is 5.36. The molecule has 62 valence electrons. The van der Waals surface area contributed by atoms with Crippen molar-refractivity contribution in [3.05, 3.63) is 0 Å². The van der Waals surface area contributed by atoms with Gasteiger partial charge in [-0.05, 0) is 12.8 Å². The number of ketones is 1. The molecule has 0 amide bonds. The maximum Gasteiger partial charge on any atom is 0.144 e. The van der Waals surface area contributed by atoms with Gasteiger partial charge in [0.05, 0.1) is 32.0 Å². The first-order valence-corrected chi connectivity index (χ1v) is 4.72. The topological polar surface area (TPSA) is 21.5 Å².